The number of pyridine rings is 1. The van der Waals surface area contributed by atoms with Gasteiger partial charge in [-0.15, -0.1) is 0 Å². The van der Waals surface area contributed by atoms with Crippen LogP contribution in [0.2, 0.25) is 0 Å². The van der Waals surface area contributed by atoms with Crippen LogP contribution in [-0.2, 0) is 22.4 Å². The first kappa shape index (κ1) is 20.6. The number of hydrogen-bond donors (Lipinski definition) is 3. The topological polar surface area (TPSA) is 101 Å². The number of nitrogens with zero attached hydrogens (tertiary/aromatic N) is 2. The zero-order valence-corrected chi connectivity index (χ0v) is 15.7. The normalized spacial score (nSPS) is 14.7. The number of carboxylic acids is 1. The Morgan fingerprint density at radius 1 is 1.38 bits per heavy atom. The first-order chi connectivity index (χ1) is 12.6. The van der Waals surface area contributed by atoms with Gasteiger partial charge in [-0.1, -0.05) is 6.07 Å². The number of anilines is 1. The van der Waals surface area contributed by atoms with Crippen LogP contribution >= 0.6 is 0 Å². The van der Waals surface area contributed by atoms with E-state index in [9.17, 15) is 4.79 Å². The van der Waals surface area contributed by atoms with Crippen molar-refractivity contribution in [1.82, 2.24) is 9.88 Å². The third-order valence-electron chi connectivity index (χ3n) is 4.79. The average molecular weight is 364 g/mol. The molecular weight excluding hydrogens is 332 g/mol. The highest BCUT2D eigenvalue weighted by atomic mass is 16.5. The minimum atomic E-state index is -0.941. The Kier molecular flexibility index (Phi) is 8.80. The summed E-state index contributed by atoms with van der Waals surface area (Å²) in [5.74, 6) is 0.113. The molecule has 1 atom stereocenters. The number of nitrogens with one attached hydrogen (secondary N) is 1. The number of carboxylic acid groups (broad SMARTS) is 1. The van der Waals surface area contributed by atoms with E-state index in [0.717, 1.165) is 56.8 Å². The van der Waals surface area contributed by atoms with E-state index in [1.165, 1.54) is 12.0 Å². The van der Waals surface area contributed by atoms with E-state index in [1.807, 2.05) is 0 Å². The second-order valence-electron chi connectivity index (χ2n) is 6.87. The van der Waals surface area contributed by atoms with Gasteiger partial charge in [0.15, 0.2) is 0 Å². The van der Waals surface area contributed by atoms with Gasteiger partial charge in [-0.25, -0.2) is 4.98 Å². The molecule has 0 radical (unpaired) electrons. The number of fused-ring (bicyclic) bond motifs is 1. The number of hydrogen-bond acceptors (Lipinski definition) is 6. The lowest BCUT2D eigenvalue weighted by Crippen LogP contribution is -2.37. The van der Waals surface area contributed by atoms with Crippen molar-refractivity contribution in [1.29, 1.82) is 0 Å². The summed E-state index contributed by atoms with van der Waals surface area (Å²) in [5, 5.41) is 12.3. The smallest absolute Gasteiger partial charge is 0.320 e. The fraction of sp³-hybridized carbons (Fsp3) is 0.684. The molecule has 1 aromatic heterocycles. The predicted molar refractivity (Wildman–Crippen MR) is 103 cm³/mol. The van der Waals surface area contributed by atoms with Gasteiger partial charge in [0, 0.05) is 32.4 Å². The quantitative estimate of drug-likeness (QED) is 0.483. The maximum Gasteiger partial charge on any atom is 0.320 e. The molecule has 146 valence electrons. The van der Waals surface area contributed by atoms with E-state index in [2.05, 4.69) is 22.3 Å². The molecule has 0 fully saturated rings. The van der Waals surface area contributed by atoms with Crippen LogP contribution in [0.1, 0.15) is 36.9 Å². The van der Waals surface area contributed by atoms with Crippen LogP contribution in [0, 0.1) is 0 Å². The summed E-state index contributed by atoms with van der Waals surface area (Å²) in [5.41, 5.74) is 8.06. The highest BCUT2D eigenvalue weighted by Crippen LogP contribution is 2.20. The van der Waals surface area contributed by atoms with E-state index < -0.39 is 12.0 Å². The van der Waals surface area contributed by atoms with Crippen LogP contribution < -0.4 is 11.1 Å². The number of unbranched alkanes of at least 4 members (excludes halogenated alkanes) is 1. The summed E-state index contributed by atoms with van der Waals surface area (Å²) in [6.45, 7) is 4.04. The highest BCUT2D eigenvalue weighted by Gasteiger charge is 2.14. The summed E-state index contributed by atoms with van der Waals surface area (Å²) in [6, 6.07) is 3.54. The number of nitrogens with two attached hydrogens (primary N) is 1. The number of rotatable bonds is 12. The monoisotopic (exact) mass is 364 g/mol. The summed E-state index contributed by atoms with van der Waals surface area (Å²) in [7, 11) is 1.68. The second kappa shape index (κ2) is 11.1. The van der Waals surface area contributed by atoms with Gasteiger partial charge in [-0.3, -0.25) is 4.79 Å². The lowest BCUT2D eigenvalue weighted by atomic mass is 10.1. The minimum absolute atomic E-state index is 0.455. The number of ether oxygens (including phenoxy) is 1. The Bertz CT molecular complexity index is 568. The summed E-state index contributed by atoms with van der Waals surface area (Å²) in [4.78, 5) is 17.8. The maximum absolute atomic E-state index is 10.9. The molecule has 0 spiro atoms. The Labute approximate surface area is 155 Å². The summed E-state index contributed by atoms with van der Waals surface area (Å²) < 4.78 is 5.15. The highest BCUT2D eigenvalue weighted by molar-refractivity contribution is 5.72. The van der Waals surface area contributed by atoms with Crippen LogP contribution in [0.5, 0.6) is 0 Å². The fourth-order valence-electron chi connectivity index (χ4n) is 3.15. The molecule has 7 heteroatoms. The van der Waals surface area contributed by atoms with Crippen molar-refractivity contribution in [3.8, 4) is 0 Å². The molecule has 1 aliphatic heterocycles. The average Bonchev–Trinajstić information content (AvgIpc) is 2.66. The number of aliphatic carboxylic acids is 1. The Morgan fingerprint density at radius 2 is 2.23 bits per heavy atom. The Hall–Kier alpha value is -1.70. The van der Waals surface area contributed by atoms with Gasteiger partial charge in [0.1, 0.15) is 11.9 Å². The van der Waals surface area contributed by atoms with E-state index in [1.54, 1.807) is 7.11 Å². The largest absolute Gasteiger partial charge is 0.480 e. The van der Waals surface area contributed by atoms with E-state index in [0.29, 0.717) is 19.6 Å². The minimum Gasteiger partial charge on any atom is -0.480 e. The molecule has 1 unspecified atom stereocenters. The van der Waals surface area contributed by atoms with Gasteiger partial charge in [0.05, 0.1) is 6.61 Å². The van der Waals surface area contributed by atoms with Crippen molar-refractivity contribution in [2.24, 2.45) is 5.73 Å². The molecule has 4 N–H and O–H groups in total. The fourth-order valence-corrected chi connectivity index (χ4v) is 3.15. The lowest BCUT2D eigenvalue weighted by molar-refractivity contribution is -0.138. The van der Waals surface area contributed by atoms with E-state index in [-0.39, 0.29) is 0 Å². The molecule has 7 nitrogen and oxygen atoms in total. The molecule has 0 aromatic carbocycles. The van der Waals surface area contributed by atoms with Gasteiger partial charge >= 0.3 is 5.97 Å². The first-order valence-electron chi connectivity index (χ1n) is 9.52. The molecule has 2 rings (SSSR count). The van der Waals surface area contributed by atoms with Crippen LogP contribution in [0.15, 0.2) is 12.1 Å². The van der Waals surface area contributed by atoms with Crippen molar-refractivity contribution in [3.63, 3.8) is 0 Å². The van der Waals surface area contributed by atoms with Gasteiger partial charge in [0.25, 0.3) is 0 Å². The number of carbonyl (C=O) groups is 1. The zero-order valence-electron chi connectivity index (χ0n) is 15.7. The first-order valence-corrected chi connectivity index (χ1v) is 9.52. The Morgan fingerprint density at radius 3 is 3.00 bits per heavy atom. The van der Waals surface area contributed by atoms with Crippen molar-refractivity contribution in [2.75, 3.05) is 45.2 Å². The third kappa shape index (κ3) is 6.90. The van der Waals surface area contributed by atoms with Crippen LogP contribution in [-0.4, -0.2) is 66.9 Å². The van der Waals surface area contributed by atoms with Gasteiger partial charge < -0.3 is 25.8 Å². The van der Waals surface area contributed by atoms with Crippen LogP contribution in [0.4, 0.5) is 5.82 Å². The van der Waals surface area contributed by atoms with Crippen LogP contribution in [0.25, 0.3) is 0 Å². The predicted octanol–water partition coefficient (Wildman–Crippen LogP) is 1.51. The molecular formula is C19H32N4O3. The molecule has 0 saturated heterocycles. The van der Waals surface area contributed by atoms with Crippen molar-refractivity contribution in [3.05, 3.63) is 23.4 Å². The molecule has 2 heterocycles. The molecule has 0 amide bonds. The summed E-state index contributed by atoms with van der Waals surface area (Å²) >= 11 is 0. The Balaban J connectivity index is 1.73. The van der Waals surface area contributed by atoms with Gasteiger partial charge in [-0.05, 0) is 56.7 Å². The number of methoxy groups -OCH3 is 1. The van der Waals surface area contributed by atoms with E-state index >= 15 is 0 Å². The maximum atomic E-state index is 10.9. The zero-order chi connectivity index (χ0) is 18.8. The molecule has 0 saturated carbocycles. The van der Waals surface area contributed by atoms with Gasteiger partial charge in [0.2, 0.25) is 0 Å². The molecule has 0 bridgehead atoms. The molecule has 0 aliphatic carbocycles. The second-order valence-corrected chi connectivity index (χ2v) is 6.87. The molecule has 1 aromatic rings. The van der Waals surface area contributed by atoms with E-state index in [4.69, 9.17) is 20.6 Å². The summed E-state index contributed by atoms with van der Waals surface area (Å²) in [6.07, 6.45) is 5.80. The third-order valence-corrected chi connectivity index (χ3v) is 4.79. The van der Waals surface area contributed by atoms with Gasteiger partial charge in [-0.2, -0.15) is 0 Å². The van der Waals surface area contributed by atoms with Crippen molar-refractivity contribution < 1.29 is 14.6 Å². The molecule has 26 heavy (non-hydrogen) atoms. The number of aryl methyl sites for hydroxylation is 2. The lowest BCUT2D eigenvalue weighted by Gasteiger charge is -2.23. The van der Waals surface area contributed by atoms with Crippen LogP contribution in [0.3, 0.4) is 0 Å². The standard InChI is InChI=1S/C19H32N4O3/c1-26-14-13-23(12-9-17(20)19(24)25)11-3-2-6-16-8-7-15-5-4-10-21-18(15)22-16/h7-8,17H,2-6,9-14,20H2,1H3,(H,21,22)(H,24,25). The molecule has 1 aliphatic rings. The SMILES string of the molecule is COCCN(CCCCc1ccc2c(n1)NCCC2)CCC(N)C(=O)O. The number of aromatic nitrogens is 1. The van der Waals surface area contributed by atoms with Crippen molar-refractivity contribution in [2.45, 2.75) is 44.6 Å². The van der Waals surface area contributed by atoms with Crippen molar-refractivity contribution >= 4 is 11.8 Å².